The number of nitrogens with zero attached hydrogens (tertiary/aromatic N) is 2. The Kier molecular flexibility index (Phi) is 7.12. The number of benzene rings is 2. The quantitative estimate of drug-likeness (QED) is 0.226. The molecule has 0 saturated carbocycles. The summed E-state index contributed by atoms with van der Waals surface area (Å²) >= 11 is 0. The maximum absolute atomic E-state index is 14.0. The Labute approximate surface area is 270 Å². The number of carbonyl (C=O) groups excluding carboxylic acids is 3. The number of aromatic nitrogens is 2. The van der Waals surface area contributed by atoms with Gasteiger partial charge in [-0.1, -0.05) is 51.1 Å². The van der Waals surface area contributed by atoms with E-state index in [0.29, 0.717) is 11.5 Å². The third-order valence-electron chi connectivity index (χ3n) is 9.32. The minimum absolute atomic E-state index is 0.0214. The van der Waals surface area contributed by atoms with Crippen LogP contribution in [-0.2, 0) is 26.2 Å². The van der Waals surface area contributed by atoms with Crippen LogP contribution in [-0.4, -0.2) is 57.8 Å². The molecule has 4 aromatic rings. The number of amides is 2. The van der Waals surface area contributed by atoms with Crippen molar-refractivity contribution in [3.63, 3.8) is 0 Å². The number of esters is 1. The van der Waals surface area contributed by atoms with Crippen LogP contribution >= 0.6 is 0 Å². The number of oxazole rings is 2. The second-order valence-corrected chi connectivity index (χ2v) is 12.7. The summed E-state index contributed by atoms with van der Waals surface area (Å²) in [4.78, 5) is 48.8. The number of carbonyl (C=O) groups is 3. The van der Waals surface area contributed by atoms with Crippen LogP contribution in [0.1, 0.15) is 79.0 Å². The average molecular weight is 642 g/mol. The summed E-state index contributed by atoms with van der Waals surface area (Å²) < 4.78 is 24.0. The maximum atomic E-state index is 14.0. The lowest BCUT2D eigenvalue weighted by molar-refractivity contribution is -0.141. The van der Waals surface area contributed by atoms with E-state index in [1.165, 1.54) is 20.3 Å². The Bertz CT molecular complexity index is 1910. The second-order valence-electron chi connectivity index (χ2n) is 12.7. The van der Waals surface area contributed by atoms with E-state index in [2.05, 4.69) is 20.9 Å². The molecule has 0 fully saturated rings. The molecular weight excluding hydrogens is 606 g/mol. The van der Waals surface area contributed by atoms with Gasteiger partial charge >= 0.3 is 5.97 Å². The van der Waals surface area contributed by atoms with Gasteiger partial charge in [0.2, 0.25) is 17.7 Å². The van der Waals surface area contributed by atoms with Crippen LogP contribution in [0.4, 0.5) is 5.69 Å². The molecule has 2 unspecified atom stereocenters. The summed E-state index contributed by atoms with van der Waals surface area (Å²) in [6.07, 6.45) is 0.826. The van der Waals surface area contributed by atoms with Gasteiger partial charge in [-0.05, 0) is 42.5 Å². The van der Waals surface area contributed by atoms with Crippen LogP contribution in [0.25, 0.3) is 11.6 Å². The first-order valence-corrected chi connectivity index (χ1v) is 15.5. The minimum Gasteiger partial charge on any atom is -0.469 e. The second kappa shape index (κ2) is 11.0. The molecule has 5 heterocycles. The van der Waals surface area contributed by atoms with Gasteiger partial charge in [0.05, 0.1) is 7.11 Å². The summed E-state index contributed by atoms with van der Waals surface area (Å²) in [6, 6.07) is 11.6. The van der Waals surface area contributed by atoms with E-state index in [1.807, 2.05) is 56.3 Å². The molecule has 0 saturated heterocycles. The highest BCUT2D eigenvalue weighted by Gasteiger charge is 2.61. The summed E-state index contributed by atoms with van der Waals surface area (Å²) in [6.45, 7) is 6.92. The Morgan fingerprint density at radius 2 is 1.96 bits per heavy atom. The average Bonchev–Trinajstić information content (AvgIpc) is 3.83. The molecule has 2 amide bonds. The number of anilines is 1. The van der Waals surface area contributed by atoms with Gasteiger partial charge in [0, 0.05) is 17.7 Å². The number of nitrogens with one attached hydrogen (secondary N) is 3. The third-order valence-corrected chi connectivity index (χ3v) is 9.32. The number of methoxy groups -OCH3 is 1. The number of hydrogen-bond donors (Lipinski definition) is 4. The van der Waals surface area contributed by atoms with Crippen molar-refractivity contribution in [1.82, 2.24) is 20.6 Å². The van der Waals surface area contributed by atoms with Gasteiger partial charge in [0.25, 0.3) is 5.91 Å². The smallest absolute Gasteiger partial charge is 0.360 e. The molecule has 1 spiro atoms. The lowest BCUT2D eigenvalue weighted by Gasteiger charge is -2.29. The maximum Gasteiger partial charge on any atom is 0.360 e. The summed E-state index contributed by atoms with van der Waals surface area (Å²) in [5, 5.41) is 20.0. The molecule has 0 aliphatic carbocycles. The fraction of sp³-hybridized carbons (Fsp3) is 0.382. The van der Waals surface area contributed by atoms with Crippen LogP contribution in [0.2, 0.25) is 0 Å². The van der Waals surface area contributed by atoms with Crippen LogP contribution in [0.5, 0.6) is 5.75 Å². The van der Waals surface area contributed by atoms with Crippen molar-refractivity contribution < 1.29 is 37.8 Å². The number of ether oxygens (including phenoxy) is 2. The number of aliphatic hydroxyl groups is 1. The summed E-state index contributed by atoms with van der Waals surface area (Å²) in [5.41, 5.74) is 0.573. The lowest BCUT2D eigenvalue weighted by atomic mass is 9.72. The van der Waals surface area contributed by atoms with Crippen molar-refractivity contribution in [2.45, 2.75) is 69.9 Å². The van der Waals surface area contributed by atoms with Crippen molar-refractivity contribution >= 4 is 23.5 Å². The van der Waals surface area contributed by atoms with E-state index in [4.69, 9.17) is 23.3 Å². The molecule has 4 bridgehead atoms. The van der Waals surface area contributed by atoms with Crippen LogP contribution in [0.3, 0.4) is 0 Å². The molecule has 2 aromatic heterocycles. The zero-order valence-corrected chi connectivity index (χ0v) is 26.5. The van der Waals surface area contributed by atoms with Crippen molar-refractivity contribution in [2.24, 2.45) is 5.92 Å². The molecular formula is C34H35N5O8. The molecule has 5 atom stereocenters. The molecule has 7 rings (SSSR count). The van der Waals surface area contributed by atoms with Gasteiger partial charge in [-0.2, -0.15) is 0 Å². The summed E-state index contributed by atoms with van der Waals surface area (Å²) in [7, 11) is 1.25. The standard InChI is InChI=1S/C34H35N5O8/c1-6-33(4,43)31(42)36-21-14-17-11-12-23-19(13-17)34(18-9-7-8-10-20(18)37-32(34)46-23)26-25(28-35-22(15-45-28)30(41)44-5)39-29(47-26)24(16(2)3)38-27(21)40/h7-13,15-16,21,24,32,37,43H,6,14H2,1-5H3,(H,36,42)(H,38,40)/t21-,24-,32?,33?,34-/m0/s1. The van der Waals surface area contributed by atoms with Gasteiger partial charge in [0.1, 0.15) is 35.1 Å². The molecule has 47 heavy (non-hydrogen) atoms. The molecule has 4 N–H and O–H groups in total. The first kappa shape index (κ1) is 30.5. The molecule has 0 radical (unpaired) electrons. The highest BCUT2D eigenvalue weighted by Crippen LogP contribution is 2.59. The van der Waals surface area contributed by atoms with Gasteiger partial charge in [-0.3, -0.25) is 9.59 Å². The summed E-state index contributed by atoms with van der Waals surface area (Å²) in [5.74, 6) is -0.903. The lowest BCUT2D eigenvalue weighted by Crippen LogP contribution is -2.54. The van der Waals surface area contributed by atoms with E-state index >= 15 is 0 Å². The number of rotatable bonds is 6. The molecule has 3 aliphatic rings. The molecule has 13 nitrogen and oxygen atoms in total. The Balaban J connectivity index is 1.48. The zero-order valence-electron chi connectivity index (χ0n) is 26.5. The minimum atomic E-state index is -1.67. The molecule has 2 aromatic carbocycles. The molecule has 3 aliphatic heterocycles. The Hall–Kier alpha value is -5.17. The first-order chi connectivity index (χ1) is 22.5. The van der Waals surface area contributed by atoms with Crippen LogP contribution < -0.4 is 20.7 Å². The van der Waals surface area contributed by atoms with Crippen molar-refractivity contribution in [3.8, 4) is 17.3 Å². The van der Waals surface area contributed by atoms with Crippen molar-refractivity contribution in [3.05, 3.63) is 82.8 Å². The highest BCUT2D eigenvalue weighted by molar-refractivity contribution is 5.91. The van der Waals surface area contributed by atoms with Gasteiger partial charge in [-0.25, -0.2) is 14.8 Å². The highest BCUT2D eigenvalue weighted by atomic mass is 16.5. The topological polar surface area (TPSA) is 178 Å². The van der Waals surface area contributed by atoms with Crippen molar-refractivity contribution in [1.29, 1.82) is 0 Å². The van der Waals surface area contributed by atoms with Crippen LogP contribution in [0.15, 0.2) is 57.6 Å². The van der Waals surface area contributed by atoms with E-state index in [1.54, 1.807) is 6.92 Å². The van der Waals surface area contributed by atoms with E-state index < -0.39 is 47.1 Å². The zero-order chi connectivity index (χ0) is 33.2. The fourth-order valence-electron chi connectivity index (χ4n) is 6.50. The fourth-order valence-corrected chi connectivity index (χ4v) is 6.50. The van der Waals surface area contributed by atoms with Crippen LogP contribution in [0, 0.1) is 5.92 Å². The SMILES string of the molecule is CCC(C)(O)C(=O)N[C@H]1Cc2ccc3c(c2)[C@@]2(c4ccccc4NC2O3)c2oc(nc2-c2nc(C(=O)OC)co2)[C@H](C(C)C)NC1=O. The number of hydrogen-bond acceptors (Lipinski definition) is 11. The normalized spacial score (nSPS) is 23.6. The predicted molar refractivity (Wildman–Crippen MR) is 166 cm³/mol. The monoisotopic (exact) mass is 641 g/mol. The van der Waals surface area contributed by atoms with Crippen molar-refractivity contribution in [2.75, 3.05) is 12.4 Å². The van der Waals surface area contributed by atoms with Gasteiger partial charge in [-0.15, -0.1) is 0 Å². The number of para-hydroxylation sites is 1. The van der Waals surface area contributed by atoms with E-state index in [0.717, 1.165) is 22.4 Å². The molecule has 244 valence electrons. The molecule has 13 heteroatoms. The first-order valence-electron chi connectivity index (χ1n) is 15.5. The van der Waals surface area contributed by atoms with E-state index in [9.17, 15) is 19.5 Å². The predicted octanol–water partition coefficient (Wildman–Crippen LogP) is 3.61. The third kappa shape index (κ3) is 4.67. The van der Waals surface area contributed by atoms with Gasteiger partial charge < -0.3 is 39.4 Å². The Morgan fingerprint density at radius 3 is 2.70 bits per heavy atom. The van der Waals surface area contributed by atoms with E-state index in [-0.39, 0.29) is 41.9 Å². The largest absolute Gasteiger partial charge is 0.469 e. The Morgan fingerprint density at radius 1 is 1.17 bits per heavy atom. The van der Waals surface area contributed by atoms with Gasteiger partial charge in [0.15, 0.2) is 23.4 Å². The number of fused-ring (bicyclic) bond motifs is 4.